The van der Waals surface area contributed by atoms with Gasteiger partial charge in [0.1, 0.15) is 5.69 Å². The minimum absolute atomic E-state index is 0.0578. The summed E-state index contributed by atoms with van der Waals surface area (Å²) in [5, 5.41) is 7.36. The number of pyridine rings is 1. The maximum atomic E-state index is 12.8. The van der Waals surface area contributed by atoms with E-state index in [4.69, 9.17) is 0 Å². The molecule has 0 radical (unpaired) electrons. The molecule has 0 bridgehead atoms. The third kappa shape index (κ3) is 3.33. The minimum Gasteiger partial charge on any atom is -0.346 e. The Balaban J connectivity index is 1.29. The maximum absolute atomic E-state index is 12.8. The predicted octanol–water partition coefficient (Wildman–Crippen LogP) is 2.14. The largest absolute Gasteiger partial charge is 0.346 e. The van der Waals surface area contributed by atoms with Gasteiger partial charge in [-0.05, 0) is 36.8 Å². The van der Waals surface area contributed by atoms with Crippen molar-refractivity contribution in [3.8, 4) is 11.3 Å². The molecule has 1 N–H and O–H groups in total. The third-order valence-electron chi connectivity index (χ3n) is 5.25. The molecule has 0 aromatic carbocycles. The number of hydrogen-bond donors (Lipinski definition) is 1. The molecule has 4 aromatic rings. The highest BCUT2D eigenvalue weighted by Crippen LogP contribution is 2.21. The number of hydrogen-bond acceptors (Lipinski definition) is 5. The van der Waals surface area contributed by atoms with Gasteiger partial charge in [0.05, 0.1) is 11.9 Å². The van der Waals surface area contributed by atoms with E-state index >= 15 is 0 Å². The van der Waals surface area contributed by atoms with E-state index < -0.39 is 0 Å². The summed E-state index contributed by atoms with van der Waals surface area (Å²) in [6.07, 6.45) is 8.25. The van der Waals surface area contributed by atoms with Crippen molar-refractivity contribution < 1.29 is 4.79 Å². The molecule has 4 aromatic heterocycles. The van der Waals surface area contributed by atoms with E-state index in [0.29, 0.717) is 18.2 Å². The molecule has 1 fully saturated rings. The van der Waals surface area contributed by atoms with Gasteiger partial charge in [-0.3, -0.25) is 9.48 Å². The van der Waals surface area contributed by atoms with E-state index in [-0.39, 0.29) is 11.9 Å². The summed E-state index contributed by atoms with van der Waals surface area (Å²) in [6, 6.07) is 11.6. The highest BCUT2D eigenvalue weighted by molar-refractivity contribution is 5.94. The van der Waals surface area contributed by atoms with Crippen LogP contribution in [-0.4, -0.2) is 49.2 Å². The van der Waals surface area contributed by atoms with Crippen LogP contribution in [0, 0.1) is 0 Å². The fourth-order valence-corrected chi connectivity index (χ4v) is 3.78. The number of carbonyl (C=O) groups is 1. The minimum atomic E-state index is -0.0620. The van der Waals surface area contributed by atoms with E-state index in [1.54, 1.807) is 17.1 Å². The van der Waals surface area contributed by atoms with Crippen LogP contribution >= 0.6 is 0 Å². The summed E-state index contributed by atoms with van der Waals surface area (Å²) in [5.74, 6) is 0.615. The van der Waals surface area contributed by atoms with E-state index in [0.717, 1.165) is 29.7 Å². The van der Waals surface area contributed by atoms with Gasteiger partial charge in [0.2, 0.25) is 5.95 Å². The van der Waals surface area contributed by atoms with Crippen molar-refractivity contribution in [1.82, 2.24) is 29.5 Å². The molecule has 1 aliphatic heterocycles. The number of anilines is 1. The molecule has 1 amide bonds. The number of carbonyl (C=O) groups excluding carboxylic acids is 1. The van der Waals surface area contributed by atoms with Gasteiger partial charge in [-0.25, -0.2) is 9.97 Å². The summed E-state index contributed by atoms with van der Waals surface area (Å²) in [6.45, 7) is 1.49. The van der Waals surface area contributed by atoms with Gasteiger partial charge >= 0.3 is 0 Å². The Morgan fingerprint density at radius 1 is 1.21 bits per heavy atom. The molecule has 0 saturated carbocycles. The number of fused-ring (bicyclic) bond motifs is 1. The van der Waals surface area contributed by atoms with Crippen molar-refractivity contribution in [2.45, 2.75) is 12.5 Å². The quantitative estimate of drug-likeness (QED) is 0.580. The molecule has 0 aliphatic carbocycles. The number of nitrogens with zero attached hydrogens (tertiary/aromatic N) is 6. The number of amides is 1. The second-order valence-electron chi connectivity index (χ2n) is 7.26. The molecule has 5 rings (SSSR count). The van der Waals surface area contributed by atoms with Crippen LogP contribution in [0.15, 0.2) is 61.2 Å². The zero-order valence-electron chi connectivity index (χ0n) is 16.1. The first-order valence-electron chi connectivity index (χ1n) is 9.61. The molecule has 29 heavy (non-hydrogen) atoms. The first-order chi connectivity index (χ1) is 14.2. The molecule has 8 nitrogen and oxygen atoms in total. The standard InChI is InChI=1S/C21H21N7O/c1-26-13-15(12-23-26)18-7-9-22-21(25-18)27-11-8-16(14-27)24-20(29)19-6-5-17-4-2-3-10-28(17)19/h2-7,9-10,12-13,16H,8,11,14H2,1H3,(H,24,29). The van der Waals surface area contributed by atoms with Crippen LogP contribution in [-0.2, 0) is 7.05 Å². The maximum Gasteiger partial charge on any atom is 0.268 e. The van der Waals surface area contributed by atoms with Crippen molar-refractivity contribution in [3.05, 3.63) is 66.9 Å². The van der Waals surface area contributed by atoms with E-state index in [9.17, 15) is 4.79 Å². The van der Waals surface area contributed by atoms with E-state index in [2.05, 4.69) is 25.3 Å². The van der Waals surface area contributed by atoms with Crippen molar-refractivity contribution in [3.63, 3.8) is 0 Å². The Bertz CT molecular complexity index is 1180. The summed E-state index contributed by atoms with van der Waals surface area (Å²) in [5.41, 5.74) is 3.45. The summed E-state index contributed by atoms with van der Waals surface area (Å²) in [4.78, 5) is 24.0. The van der Waals surface area contributed by atoms with Crippen molar-refractivity contribution in [1.29, 1.82) is 0 Å². The number of nitrogens with one attached hydrogen (secondary N) is 1. The average molecular weight is 387 g/mol. The van der Waals surface area contributed by atoms with Crippen LogP contribution in [0.5, 0.6) is 0 Å². The molecule has 146 valence electrons. The van der Waals surface area contributed by atoms with Crippen molar-refractivity contribution in [2.24, 2.45) is 7.05 Å². The van der Waals surface area contributed by atoms with Gasteiger partial charge in [0, 0.05) is 55.8 Å². The van der Waals surface area contributed by atoms with Gasteiger partial charge in [0.15, 0.2) is 0 Å². The van der Waals surface area contributed by atoms with Gasteiger partial charge in [-0.2, -0.15) is 5.10 Å². The lowest BCUT2D eigenvalue weighted by Gasteiger charge is -2.17. The topological polar surface area (TPSA) is 80.4 Å². The average Bonchev–Trinajstić information content (AvgIpc) is 3.47. The van der Waals surface area contributed by atoms with Gasteiger partial charge < -0.3 is 14.6 Å². The lowest BCUT2D eigenvalue weighted by atomic mass is 10.2. The third-order valence-corrected chi connectivity index (χ3v) is 5.25. The van der Waals surface area contributed by atoms with E-state index in [1.165, 1.54) is 0 Å². The Morgan fingerprint density at radius 3 is 3.00 bits per heavy atom. The highest BCUT2D eigenvalue weighted by atomic mass is 16.2. The molecule has 1 saturated heterocycles. The number of aromatic nitrogens is 5. The highest BCUT2D eigenvalue weighted by Gasteiger charge is 2.26. The second kappa shape index (κ2) is 7.05. The fourth-order valence-electron chi connectivity index (χ4n) is 3.78. The fraction of sp³-hybridized carbons (Fsp3) is 0.238. The lowest BCUT2D eigenvalue weighted by molar-refractivity contribution is 0.0934. The number of rotatable bonds is 4. The first kappa shape index (κ1) is 17.4. The molecule has 1 unspecified atom stereocenters. The Morgan fingerprint density at radius 2 is 2.14 bits per heavy atom. The molecular formula is C21H21N7O. The smallest absolute Gasteiger partial charge is 0.268 e. The number of aryl methyl sites for hydroxylation is 1. The van der Waals surface area contributed by atoms with Crippen LogP contribution in [0.25, 0.3) is 16.8 Å². The van der Waals surface area contributed by atoms with Gasteiger partial charge in [-0.15, -0.1) is 0 Å². The Labute approximate surface area is 167 Å². The normalized spacial score (nSPS) is 16.4. The van der Waals surface area contributed by atoms with Crippen molar-refractivity contribution >= 4 is 17.4 Å². The SMILES string of the molecule is Cn1cc(-c2ccnc(N3CCC(NC(=O)c4ccc5ccccn45)C3)n2)cn1. The summed E-state index contributed by atoms with van der Waals surface area (Å²) < 4.78 is 3.66. The van der Waals surface area contributed by atoms with Crippen LogP contribution < -0.4 is 10.2 Å². The van der Waals surface area contributed by atoms with Crippen LogP contribution in [0.1, 0.15) is 16.9 Å². The van der Waals surface area contributed by atoms with Crippen molar-refractivity contribution in [2.75, 3.05) is 18.0 Å². The summed E-state index contributed by atoms with van der Waals surface area (Å²) in [7, 11) is 1.88. The van der Waals surface area contributed by atoms with Gasteiger partial charge in [0.25, 0.3) is 5.91 Å². The zero-order valence-corrected chi connectivity index (χ0v) is 16.1. The zero-order chi connectivity index (χ0) is 19.8. The van der Waals surface area contributed by atoms with Crippen LogP contribution in [0.3, 0.4) is 0 Å². The van der Waals surface area contributed by atoms with Crippen LogP contribution in [0.2, 0.25) is 0 Å². The lowest BCUT2D eigenvalue weighted by Crippen LogP contribution is -2.37. The predicted molar refractivity (Wildman–Crippen MR) is 110 cm³/mol. The van der Waals surface area contributed by atoms with Crippen LogP contribution in [0.4, 0.5) is 5.95 Å². The Hall–Kier alpha value is -3.68. The molecule has 1 aliphatic rings. The monoisotopic (exact) mass is 387 g/mol. The Kier molecular flexibility index (Phi) is 4.23. The molecule has 1 atom stereocenters. The second-order valence-corrected chi connectivity index (χ2v) is 7.26. The van der Waals surface area contributed by atoms with E-state index in [1.807, 2.05) is 60.2 Å². The summed E-state index contributed by atoms with van der Waals surface area (Å²) >= 11 is 0. The molecule has 5 heterocycles. The molecular weight excluding hydrogens is 366 g/mol. The molecule has 8 heteroatoms. The first-order valence-corrected chi connectivity index (χ1v) is 9.61. The van der Waals surface area contributed by atoms with Gasteiger partial charge in [-0.1, -0.05) is 6.07 Å². The molecule has 0 spiro atoms.